The normalized spacial score (nSPS) is 12.9. The van der Waals surface area contributed by atoms with Crippen LogP contribution in [0.25, 0.3) is 0 Å². The summed E-state index contributed by atoms with van der Waals surface area (Å²) < 4.78 is 31.9. The standard InChI is InChI=1S/C27H39N3O5S/c1-6-21(4)28-27(32)25(7-2)29(19-18-22-12-10-9-11-13-22)26(31)20-30(36(5,33)34)23-14-16-24(17-15-23)35-8-3/h9-17,21,25H,6-8,18-20H2,1-5H3,(H,28,32)/t21-,25-/m0/s1. The van der Waals surface area contributed by atoms with Crippen LogP contribution in [0.3, 0.4) is 0 Å². The molecule has 2 atom stereocenters. The average molecular weight is 518 g/mol. The van der Waals surface area contributed by atoms with Crippen molar-refractivity contribution in [3.8, 4) is 5.75 Å². The molecule has 0 heterocycles. The van der Waals surface area contributed by atoms with Crippen molar-refractivity contribution < 1.29 is 22.7 Å². The zero-order valence-electron chi connectivity index (χ0n) is 21.9. The van der Waals surface area contributed by atoms with Crippen LogP contribution in [0.15, 0.2) is 54.6 Å². The molecule has 0 spiro atoms. The van der Waals surface area contributed by atoms with Gasteiger partial charge in [0, 0.05) is 12.6 Å². The van der Waals surface area contributed by atoms with Gasteiger partial charge in [-0.3, -0.25) is 13.9 Å². The third kappa shape index (κ3) is 8.55. The first-order valence-electron chi connectivity index (χ1n) is 12.4. The molecule has 1 N–H and O–H groups in total. The second kappa shape index (κ2) is 13.9. The van der Waals surface area contributed by atoms with Gasteiger partial charge in [-0.25, -0.2) is 8.42 Å². The molecule has 0 aliphatic heterocycles. The van der Waals surface area contributed by atoms with E-state index in [9.17, 15) is 18.0 Å². The van der Waals surface area contributed by atoms with Gasteiger partial charge in [0.05, 0.1) is 18.6 Å². The summed E-state index contributed by atoms with van der Waals surface area (Å²) in [4.78, 5) is 28.3. The fraction of sp³-hybridized carbons (Fsp3) is 0.481. The highest BCUT2D eigenvalue weighted by atomic mass is 32.2. The van der Waals surface area contributed by atoms with E-state index in [1.54, 1.807) is 24.3 Å². The highest BCUT2D eigenvalue weighted by Crippen LogP contribution is 2.22. The number of benzene rings is 2. The Labute approximate surface area is 215 Å². The van der Waals surface area contributed by atoms with E-state index in [-0.39, 0.29) is 18.5 Å². The summed E-state index contributed by atoms with van der Waals surface area (Å²) in [7, 11) is -3.77. The predicted octanol–water partition coefficient (Wildman–Crippen LogP) is 3.62. The minimum absolute atomic E-state index is 0.0333. The van der Waals surface area contributed by atoms with Crippen molar-refractivity contribution in [2.45, 2.75) is 59.0 Å². The van der Waals surface area contributed by atoms with E-state index in [2.05, 4.69) is 5.32 Å². The molecule has 36 heavy (non-hydrogen) atoms. The number of amides is 2. The maximum absolute atomic E-state index is 13.6. The Morgan fingerprint density at radius 2 is 1.61 bits per heavy atom. The van der Waals surface area contributed by atoms with E-state index in [0.717, 1.165) is 22.5 Å². The number of nitrogens with zero attached hydrogens (tertiary/aromatic N) is 2. The molecule has 0 bridgehead atoms. The SMILES string of the molecule is CCOc1ccc(N(CC(=O)N(CCc2ccccc2)[C@@H](CC)C(=O)N[C@@H](C)CC)S(C)(=O)=O)cc1. The van der Waals surface area contributed by atoms with Crippen LogP contribution in [0.4, 0.5) is 5.69 Å². The van der Waals surface area contributed by atoms with E-state index in [1.165, 1.54) is 4.90 Å². The molecule has 0 aromatic heterocycles. The summed E-state index contributed by atoms with van der Waals surface area (Å²) in [6, 6.07) is 15.5. The number of nitrogens with one attached hydrogen (secondary N) is 1. The van der Waals surface area contributed by atoms with Gasteiger partial charge in [-0.1, -0.05) is 44.2 Å². The summed E-state index contributed by atoms with van der Waals surface area (Å²) >= 11 is 0. The van der Waals surface area contributed by atoms with Crippen LogP contribution in [-0.2, 0) is 26.0 Å². The molecule has 0 saturated heterocycles. The Hall–Kier alpha value is -3.07. The lowest BCUT2D eigenvalue weighted by atomic mass is 10.1. The maximum atomic E-state index is 13.6. The van der Waals surface area contributed by atoms with Crippen molar-refractivity contribution in [3.63, 3.8) is 0 Å². The maximum Gasteiger partial charge on any atom is 0.244 e. The molecular weight excluding hydrogens is 478 g/mol. The Kier molecular flexibility index (Phi) is 11.2. The fourth-order valence-corrected chi connectivity index (χ4v) is 4.68. The molecule has 0 aliphatic rings. The van der Waals surface area contributed by atoms with Gasteiger partial charge in [-0.05, 0) is 62.9 Å². The van der Waals surface area contributed by atoms with Crippen LogP contribution in [-0.4, -0.2) is 63.2 Å². The van der Waals surface area contributed by atoms with E-state index in [0.29, 0.717) is 30.9 Å². The van der Waals surface area contributed by atoms with Crippen molar-refractivity contribution in [3.05, 3.63) is 60.2 Å². The lowest BCUT2D eigenvalue weighted by Crippen LogP contribution is -2.54. The van der Waals surface area contributed by atoms with Crippen molar-refractivity contribution in [1.29, 1.82) is 0 Å². The molecule has 0 unspecified atom stereocenters. The van der Waals surface area contributed by atoms with Gasteiger partial charge < -0.3 is 15.0 Å². The molecule has 2 aromatic carbocycles. The summed E-state index contributed by atoms with van der Waals surface area (Å²) in [5, 5.41) is 2.97. The van der Waals surface area contributed by atoms with Crippen molar-refractivity contribution >= 4 is 27.5 Å². The van der Waals surface area contributed by atoms with Gasteiger partial charge in [-0.15, -0.1) is 0 Å². The highest BCUT2D eigenvalue weighted by molar-refractivity contribution is 7.92. The monoisotopic (exact) mass is 517 g/mol. The van der Waals surface area contributed by atoms with Crippen LogP contribution < -0.4 is 14.4 Å². The molecule has 2 amide bonds. The van der Waals surface area contributed by atoms with Gasteiger partial charge in [-0.2, -0.15) is 0 Å². The molecular formula is C27H39N3O5S. The Balaban J connectivity index is 2.34. The Morgan fingerprint density at radius 1 is 0.972 bits per heavy atom. The lowest BCUT2D eigenvalue weighted by Gasteiger charge is -2.33. The molecule has 0 fully saturated rings. The van der Waals surface area contributed by atoms with E-state index in [4.69, 9.17) is 4.74 Å². The van der Waals surface area contributed by atoms with Crippen LogP contribution in [0.1, 0.15) is 46.1 Å². The number of carbonyl (C=O) groups is 2. The summed E-state index contributed by atoms with van der Waals surface area (Å²) in [6.45, 7) is 7.97. The number of rotatable bonds is 14. The van der Waals surface area contributed by atoms with Gasteiger partial charge >= 0.3 is 0 Å². The first-order chi connectivity index (χ1) is 17.1. The quantitative estimate of drug-likeness (QED) is 0.413. The Morgan fingerprint density at radius 3 is 2.14 bits per heavy atom. The largest absolute Gasteiger partial charge is 0.494 e. The summed E-state index contributed by atoms with van der Waals surface area (Å²) in [6.07, 6.45) is 2.78. The zero-order chi connectivity index (χ0) is 26.7. The van der Waals surface area contributed by atoms with Gasteiger partial charge in [0.25, 0.3) is 0 Å². The van der Waals surface area contributed by atoms with Crippen LogP contribution in [0.5, 0.6) is 5.75 Å². The lowest BCUT2D eigenvalue weighted by molar-refractivity contribution is -0.139. The molecule has 0 saturated carbocycles. The van der Waals surface area contributed by atoms with Gasteiger partial charge in [0.15, 0.2) is 0 Å². The van der Waals surface area contributed by atoms with Crippen LogP contribution in [0, 0.1) is 0 Å². The topological polar surface area (TPSA) is 96.0 Å². The van der Waals surface area contributed by atoms with E-state index in [1.807, 2.05) is 58.0 Å². The molecule has 2 aromatic rings. The molecule has 2 rings (SSSR count). The minimum atomic E-state index is -3.77. The van der Waals surface area contributed by atoms with Gasteiger partial charge in [0.1, 0.15) is 18.3 Å². The number of ether oxygens (including phenoxy) is 1. The molecule has 8 nitrogen and oxygen atoms in total. The zero-order valence-corrected chi connectivity index (χ0v) is 22.8. The molecule has 9 heteroatoms. The summed E-state index contributed by atoms with van der Waals surface area (Å²) in [5.41, 5.74) is 1.38. The predicted molar refractivity (Wildman–Crippen MR) is 144 cm³/mol. The summed E-state index contributed by atoms with van der Waals surface area (Å²) in [5.74, 6) is -0.0603. The first kappa shape index (κ1) is 29.2. The fourth-order valence-electron chi connectivity index (χ4n) is 3.83. The average Bonchev–Trinajstić information content (AvgIpc) is 2.85. The Bertz CT molecular complexity index is 1070. The van der Waals surface area contributed by atoms with E-state index < -0.39 is 28.5 Å². The van der Waals surface area contributed by atoms with Crippen molar-refractivity contribution in [2.75, 3.05) is 30.3 Å². The second-order valence-electron chi connectivity index (χ2n) is 8.76. The molecule has 0 aliphatic carbocycles. The number of carbonyl (C=O) groups excluding carboxylic acids is 2. The number of anilines is 1. The second-order valence-corrected chi connectivity index (χ2v) is 10.7. The van der Waals surface area contributed by atoms with E-state index >= 15 is 0 Å². The number of hydrogen-bond donors (Lipinski definition) is 1. The first-order valence-corrected chi connectivity index (χ1v) is 14.3. The molecule has 198 valence electrons. The molecule has 0 radical (unpaired) electrons. The van der Waals surface area contributed by atoms with Crippen molar-refractivity contribution in [2.24, 2.45) is 0 Å². The smallest absolute Gasteiger partial charge is 0.244 e. The third-order valence-electron chi connectivity index (χ3n) is 5.99. The van der Waals surface area contributed by atoms with Crippen molar-refractivity contribution in [1.82, 2.24) is 10.2 Å². The minimum Gasteiger partial charge on any atom is -0.494 e. The number of hydrogen-bond acceptors (Lipinski definition) is 5. The van der Waals surface area contributed by atoms with Crippen LogP contribution in [0.2, 0.25) is 0 Å². The van der Waals surface area contributed by atoms with Gasteiger partial charge in [0.2, 0.25) is 21.8 Å². The number of sulfonamides is 1. The third-order valence-corrected chi connectivity index (χ3v) is 7.13. The highest BCUT2D eigenvalue weighted by Gasteiger charge is 2.31. The van der Waals surface area contributed by atoms with Crippen LogP contribution >= 0.6 is 0 Å².